The Morgan fingerprint density at radius 1 is 0.416 bits per heavy atom. The van der Waals surface area contributed by atoms with Crippen LogP contribution in [0.1, 0.15) is 239 Å². The Labute approximate surface area is 539 Å². The number of carbonyl (C=O) groups is 1. The molecule has 2 aliphatic rings. The van der Waals surface area contributed by atoms with Crippen LogP contribution in [0, 0.1) is 0 Å². The van der Waals surface area contributed by atoms with E-state index in [-0.39, 0.29) is 18.9 Å². The van der Waals surface area contributed by atoms with E-state index in [0.717, 1.165) is 103 Å². The summed E-state index contributed by atoms with van der Waals surface area (Å²) in [5.41, 5.74) is 0. The molecule has 0 aliphatic carbocycles. The first-order valence-corrected chi connectivity index (χ1v) is 34.9. The van der Waals surface area contributed by atoms with Gasteiger partial charge in [0.05, 0.1) is 32.0 Å². The van der Waals surface area contributed by atoms with Crippen LogP contribution in [0.4, 0.5) is 0 Å². The van der Waals surface area contributed by atoms with Crippen LogP contribution < -0.4 is 5.32 Å². The number of rotatable bonds is 55. The Bertz CT molecular complexity index is 2010. The van der Waals surface area contributed by atoms with E-state index < -0.39 is 86.8 Å². The van der Waals surface area contributed by atoms with Crippen molar-refractivity contribution in [3.63, 3.8) is 0 Å². The smallest absolute Gasteiger partial charge is 0.220 e. The summed E-state index contributed by atoms with van der Waals surface area (Å²) < 4.78 is 22.8. The molecule has 1 amide bonds. The maximum Gasteiger partial charge on any atom is 0.220 e. The summed E-state index contributed by atoms with van der Waals surface area (Å²) in [6.07, 6.45) is 69.2. The molecule has 9 N–H and O–H groups in total. The first kappa shape index (κ1) is 81.2. The van der Waals surface area contributed by atoms with Crippen molar-refractivity contribution in [2.75, 3.05) is 19.8 Å². The minimum Gasteiger partial charge on any atom is -0.394 e. The summed E-state index contributed by atoms with van der Waals surface area (Å²) in [7, 11) is 0. The normalized spacial score (nSPS) is 23.9. The number of nitrogens with one attached hydrogen (secondary N) is 1. The van der Waals surface area contributed by atoms with Crippen LogP contribution in [0.15, 0.2) is 134 Å². The molecule has 2 saturated heterocycles. The second-order valence-corrected chi connectivity index (χ2v) is 23.9. The van der Waals surface area contributed by atoms with E-state index >= 15 is 0 Å². The first-order valence-electron chi connectivity index (χ1n) is 34.9. The number of hydrogen-bond acceptors (Lipinski definition) is 13. The van der Waals surface area contributed by atoms with Crippen molar-refractivity contribution in [3.8, 4) is 0 Å². The third-order valence-corrected chi connectivity index (χ3v) is 16.1. The largest absolute Gasteiger partial charge is 0.394 e. The maximum atomic E-state index is 13.3. The SMILES string of the molecule is CC/C=C\C/C=C\C/C=C\C/C=C\C/C=C\C/C=C\C/C=C\C/C=C\C/C=C\C/C=C\CCCCC(=O)NC(COC1OC(CO)C(OC2OC(CO)C(O)C(O)C2O)C(O)C1O)C(O)/C=C/CCCCCCCCCCCCCCCCCCCCCC. The van der Waals surface area contributed by atoms with Crippen LogP contribution in [0.2, 0.25) is 0 Å². The predicted octanol–water partition coefficient (Wildman–Crippen LogP) is 14.3. The van der Waals surface area contributed by atoms with Gasteiger partial charge in [0.15, 0.2) is 12.6 Å². The second kappa shape index (κ2) is 58.0. The molecule has 0 saturated carbocycles. The van der Waals surface area contributed by atoms with Gasteiger partial charge in [0, 0.05) is 6.42 Å². The van der Waals surface area contributed by atoms with Gasteiger partial charge in [0.25, 0.3) is 0 Å². The lowest BCUT2D eigenvalue weighted by Gasteiger charge is -2.46. The van der Waals surface area contributed by atoms with Gasteiger partial charge < -0.3 is 65.1 Å². The Balaban J connectivity index is 1.73. The highest BCUT2D eigenvalue weighted by Gasteiger charge is 2.51. The molecule has 2 fully saturated rings. The first-order chi connectivity index (χ1) is 43.6. The van der Waals surface area contributed by atoms with Gasteiger partial charge in [-0.15, -0.1) is 0 Å². The van der Waals surface area contributed by atoms with E-state index in [1.54, 1.807) is 6.08 Å². The van der Waals surface area contributed by atoms with Crippen LogP contribution in [0.3, 0.4) is 0 Å². The number of aliphatic hydroxyl groups excluding tert-OH is 8. The second-order valence-electron chi connectivity index (χ2n) is 23.9. The third-order valence-electron chi connectivity index (χ3n) is 16.1. The number of unbranched alkanes of at least 4 members (excludes halogenated alkanes) is 22. The average Bonchev–Trinajstić information content (AvgIpc) is 2.75. The van der Waals surface area contributed by atoms with Gasteiger partial charge in [-0.25, -0.2) is 0 Å². The van der Waals surface area contributed by atoms with E-state index in [4.69, 9.17) is 18.9 Å². The van der Waals surface area contributed by atoms with Crippen LogP contribution in [0.5, 0.6) is 0 Å². The van der Waals surface area contributed by atoms with Crippen LogP contribution in [-0.2, 0) is 23.7 Å². The molecule has 89 heavy (non-hydrogen) atoms. The molecule has 12 unspecified atom stereocenters. The van der Waals surface area contributed by atoms with E-state index in [1.165, 1.54) is 109 Å². The van der Waals surface area contributed by atoms with Crippen LogP contribution in [0.25, 0.3) is 0 Å². The van der Waals surface area contributed by atoms with Gasteiger partial charge in [-0.3, -0.25) is 4.79 Å². The number of amides is 1. The zero-order valence-corrected chi connectivity index (χ0v) is 55.1. The summed E-state index contributed by atoms with van der Waals surface area (Å²) in [4.78, 5) is 13.3. The van der Waals surface area contributed by atoms with Gasteiger partial charge in [0.2, 0.25) is 5.91 Å². The number of ether oxygens (including phenoxy) is 4. The van der Waals surface area contributed by atoms with E-state index in [2.05, 4.69) is 141 Å². The van der Waals surface area contributed by atoms with Crippen LogP contribution in [-0.4, -0.2) is 140 Å². The van der Waals surface area contributed by atoms with Crippen molar-refractivity contribution in [3.05, 3.63) is 134 Å². The standard InChI is InChI=1S/C75H125NO13/c1-3-5-7-9-11-13-15-17-19-21-23-25-27-28-29-30-31-32-33-34-35-36-37-39-41-43-45-47-49-51-53-55-57-59-67(80)76-63(62-86-74-72(85)70(83)73(66(61-78)88-74)89-75-71(84)69(82)68(81)65(60-77)87-75)64(79)58-56-54-52-50-48-46-44-42-40-38-26-24-22-20-18-16-14-12-10-8-6-4-2/h5,7,11,13,17,19,23,25,28-29,31-32,34-35,37,39,43,45,49,51,56,58,63-66,68-75,77-79,81-85H,3-4,6,8-10,12,14-16,18,20-22,24,26-27,30,33,36,38,40-42,44,46-48,50,52-55,57,59-62H2,1-2H3,(H,76,80)/b7-5-,13-11-,19-17-,25-23-,29-28-,32-31-,35-34-,39-37-,45-43-,51-49-,58-56+. The highest BCUT2D eigenvalue weighted by atomic mass is 16.7. The molecule has 14 heteroatoms. The fourth-order valence-corrected chi connectivity index (χ4v) is 10.6. The lowest BCUT2D eigenvalue weighted by molar-refractivity contribution is -0.359. The van der Waals surface area contributed by atoms with Gasteiger partial charge in [-0.05, 0) is 96.3 Å². The van der Waals surface area contributed by atoms with Gasteiger partial charge in [0.1, 0.15) is 48.8 Å². The quantitative estimate of drug-likeness (QED) is 0.0204. The molecule has 0 aromatic rings. The molecule has 0 aromatic carbocycles. The molecule has 508 valence electrons. The van der Waals surface area contributed by atoms with Crippen LogP contribution >= 0.6 is 0 Å². The van der Waals surface area contributed by atoms with E-state index in [9.17, 15) is 45.6 Å². The number of carbonyl (C=O) groups excluding carboxylic acids is 1. The Hall–Kier alpha value is -3.87. The van der Waals surface area contributed by atoms with Gasteiger partial charge >= 0.3 is 0 Å². The summed E-state index contributed by atoms with van der Waals surface area (Å²) >= 11 is 0. The summed E-state index contributed by atoms with van der Waals surface area (Å²) in [6, 6.07) is -0.950. The molecule has 0 radical (unpaired) electrons. The molecule has 2 heterocycles. The lowest BCUT2D eigenvalue weighted by atomic mass is 9.97. The molecule has 12 atom stereocenters. The Kier molecular flexibility index (Phi) is 52.9. The molecule has 2 rings (SSSR count). The molecular weight excluding hydrogens is 1120 g/mol. The highest BCUT2D eigenvalue weighted by Crippen LogP contribution is 2.30. The van der Waals surface area contributed by atoms with E-state index in [0.29, 0.717) is 6.42 Å². The van der Waals surface area contributed by atoms with Crippen molar-refractivity contribution < 1.29 is 64.6 Å². The molecular formula is C75H125NO13. The fraction of sp³-hybridized carbons (Fsp3) is 0.693. The fourth-order valence-electron chi connectivity index (χ4n) is 10.6. The van der Waals surface area contributed by atoms with Crippen molar-refractivity contribution in [1.82, 2.24) is 5.32 Å². The third kappa shape index (κ3) is 42.1. The monoisotopic (exact) mass is 1250 g/mol. The van der Waals surface area contributed by atoms with E-state index in [1.807, 2.05) is 6.08 Å². The minimum atomic E-state index is -1.80. The van der Waals surface area contributed by atoms with Gasteiger partial charge in [-0.2, -0.15) is 0 Å². The number of allylic oxidation sites excluding steroid dienone is 21. The Morgan fingerprint density at radius 2 is 0.775 bits per heavy atom. The minimum absolute atomic E-state index is 0.217. The Morgan fingerprint density at radius 3 is 1.19 bits per heavy atom. The zero-order valence-electron chi connectivity index (χ0n) is 55.1. The number of aliphatic hydroxyl groups is 8. The average molecular weight is 1250 g/mol. The molecule has 0 spiro atoms. The predicted molar refractivity (Wildman–Crippen MR) is 364 cm³/mol. The molecule has 0 bridgehead atoms. The van der Waals surface area contributed by atoms with Crippen molar-refractivity contribution in [1.29, 1.82) is 0 Å². The summed E-state index contributed by atoms with van der Waals surface area (Å²) in [5.74, 6) is -0.285. The van der Waals surface area contributed by atoms with Crippen molar-refractivity contribution >= 4 is 5.91 Å². The molecule has 0 aromatic heterocycles. The summed E-state index contributed by atoms with van der Waals surface area (Å²) in [6.45, 7) is 2.66. The number of hydrogen-bond donors (Lipinski definition) is 9. The highest BCUT2D eigenvalue weighted by molar-refractivity contribution is 5.76. The topological polar surface area (TPSA) is 228 Å². The molecule has 2 aliphatic heterocycles. The van der Waals surface area contributed by atoms with Crippen molar-refractivity contribution in [2.24, 2.45) is 0 Å². The van der Waals surface area contributed by atoms with Gasteiger partial charge in [-0.1, -0.05) is 270 Å². The lowest BCUT2D eigenvalue weighted by Crippen LogP contribution is -2.65. The maximum absolute atomic E-state index is 13.3. The van der Waals surface area contributed by atoms with Crippen molar-refractivity contribution in [2.45, 2.75) is 312 Å². The summed E-state index contributed by atoms with van der Waals surface area (Å²) in [5, 5.41) is 87.4. The zero-order chi connectivity index (χ0) is 64.5. The molecule has 14 nitrogen and oxygen atoms in total.